The first-order valence-corrected chi connectivity index (χ1v) is 7.59. The summed E-state index contributed by atoms with van der Waals surface area (Å²) in [6, 6.07) is 6.23. The van der Waals surface area contributed by atoms with E-state index in [1.807, 2.05) is 0 Å². The summed E-state index contributed by atoms with van der Waals surface area (Å²) in [5.74, 6) is 0.594. The van der Waals surface area contributed by atoms with Gasteiger partial charge in [0.1, 0.15) is 17.7 Å². The van der Waals surface area contributed by atoms with Crippen LogP contribution in [0.2, 0.25) is 5.15 Å². The van der Waals surface area contributed by atoms with Crippen molar-refractivity contribution in [3.05, 3.63) is 58.9 Å². The molecule has 0 spiro atoms. The minimum Gasteiger partial charge on any atom is -0.338 e. The third-order valence-electron chi connectivity index (χ3n) is 3.74. The van der Waals surface area contributed by atoms with Gasteiger partial charge in [-0.2, -0.15) is 13.2 Å². The Morgan fingerprint density at radius 3 is 2.68 bits per heavy atom. The molecule has 4 aromatic rings. The summed E-state index contributed by atoms with van der Waals surface area (Å²) in [5, 5.41) is 0.683. The lowest BCUT2D eigenvalue weighted by atomic mass is 10.1. The predicted octanol–water partition coefficient (Wildman–Crippen LogP) is 4.16. The number of fused-ring (bicyclic) bond motifs is 2. The van der Waals surface area contributed by atoms with E-state index >= 15 is 0 Å². The van der Waals surface area contributed by atoms with E-state index in [0.29, 0.717) is 34.3 Å². The Bertz CT molecular complexity index is 1090. The highest BCUT2D eigenvalue weighted by Gasteiger charge is 2.31. The van der Waals surface area contributed by atoms with Gasteiger partial charge in [0.25, 0.3) is 0 Å². The smallest absolute Gasteiger partial charge is 0.338 e. The number of halogens is 4. The van der Waals surface area contributed by atoms with Crippen LogP contribution in [0.4, 0.5) is 13.2 Å². The average molecular weight is 364 g/mol. The molecule has 0 unspecified atom stereocenters. The molecule has 0 aliphatic rings. The van der Waals surface area contributed by atoms with Gasteiger partial charge in [0.05, 0.1) is 11.1 Å². The fraction of sp³-hybridized carbons (Fsp3) is 0.125. The van der Waals surface area contributed by atoms with Crippen LogP contribution in [0.15, 0.2) is 36.8 Å². The molecule has 0 saturated heterocycles. The van der Waals surface area contributed by atoms with Gasteiger partial charge in [0.2, 0.25) is 0 Å². The van der Waals surface area contributed by atoms with E-state index in [1.165, 1.54) is 6.33 Å². The minimum absolute atomic E-state index is 0.265. The zero-order valence-electron chi connectivity index (χ0n) is 12.5. The maximum Gasteiger partial charge on any atom is 0.417 e. The molecule has 0 fully saturated rings. The molecule has 1 aromatic carbocycles. The number of benzene rings is 1. The van der Waals surface area contributed by atoms with Crippen LogP contribution in [0.1, 0.15) is 17.0 Å². The molecule has 0 radical (unpaired) electrons. The molecule has 1 N–H and O–H groups in total. The Morgan fingerprint density at radius 1 is 1.08 bits per heavy atom. The Hall–Kier alpha value is -2.74. The van der Waals surface area contributed by atoms with E-state index in [9.17, 15) is 13.2 Å². The first kappa shape index (κ1) is 15.8. The quantitative estimate of drug-likeness (QED) is 0.543. The number of nitrogens with zero attached hydrogens (tertiary/aromatic N) is 4. The molecule has 3 heterocycles. The van der Waals surface area contributed by atoms with Gasteiger partial charge in [-0.3, -0.25) is 4.98 Å². The Labute approximate surface area is 143 Å². The van der Waals surface area contributed by atoms with Crippen LogP contribution in [0.25, 0.3) is 22.1 Å². The highest BCUT2D eigenvalue weighted by Crippen LogP contribution is 2.30. The second-order valence-corrected chi connectivity index (χ2v) is 5.83. The van der Waals surface area contributed by atoms with E-state index < -0.39 is 11.7 Å². The summed E-state index contributed by atoms with van der Waals surface area (Å²) in [6.45, 7) is 0. The van der Waals surface area contributed by atoms with E-state index in [2.05, 4.69) is 24.9 Å². The number of hydrogen-bond donors (Lipinski definition) is 1. The molecule has 5 nitrogen and oxygen atoms in total. The van der Waals surface area contributed by atoms with Crippen molar-refractivity contribution in [2.45, 2.75) is 12.6 Å². The first-order valence-electron chi connectivity index (χ1n) is 7.21. The fourth-order valence-electron chi connectivity index (χ4n) is 2.57. The lowest BCUT2D eigenvalue weighted by Crippen LogP contribution is -2.05. The third-order valence-corrected chi connectivity index (χ3v) is 4.02. The topological polar surface area (TPSA) is 67.3 Å². The molecule has 126 valence electrons. The van der Waals surface area contributed by atoms with Gasteiger partial charge in [-0.05, 0) is 23.8 Å². The summed E-state index contributed by atoms with van der Waals surface area (Å²) < 4.78 is 38.5. The van der Waals surface area contributed by atoms with Crippen LogP contribution >= 0.6 is 11.6 Å². The van der Waals surface area contributed by atoms with Gasteiger partial charge < -0.3 is 4.98 Å². The number of H-pyrrole nitrogens is 1. The molecular formula is C16H9ClF3N5. The number of aromatic amines is 1. The Kier molecular flexibility index (Phi) is 3.57. The first-order chi connectivity index (χ1) is 11.9. The second kappa shape index (κ2) is 5.66. The van der Waals surface area contributed by atoms with Crippen LogP contribution in [0.5, 0.6) is 0 Å². The lowest BCUT2D eigenvalue weighted by Gasteiger charge is -2.08. The second-order valence-electron chi connectivity index (χ2n) is 5.47. The molecule has 0 aliphatic carbocycles. The van der Waals surface area contributed by atoms with Gasteiger partial charge in [-0.25, -0.2) is 15.0 Å². The van der Waals surface area contributed by atoms with E-state index in [-0.39, 0.29) is 5.15 Å². The Balaban J connectivity index is 1.71. The number of nitrogens with one attached hydrogen (secondary N) is 1. The van der Waals surface area contributed by atoms with Crippen molar-refractivity contribution in [2.75, 3.05) is 0 Å². The zero-order chi connectivity index (χ0) is 17.6. The summed E-state index contributed by atoms with van der Waals surface area (Å²) in [4.78, 5) is 19.1. The average Bonchev–Trinajstić information content (AvgIpc) is 2.97. The number of aromatic nitrogens is 5. The summed E-state index contributed by atoms with van der Waals surface area (Å²) in [6.07, 6.45) is -1.89. The molecule has 9 heteroatoms. The van der Waals surface area contributed by atoms with Gasteiger partial charge in [-0.15, -0.1) is 0 Å². The van der Waals surface area contributed by atoms with Crippen molar-refractivity contribution in [1.82, 2.24) is 24.9 Å². The summed E-state index contributed by atoms with van der Waals surface area (Å²) >= 11 is 5.97. The molecular weight excluding hydrogens is 355 g/mol. The van der Waals surface area contributed by atoms with Crippen molar-refractivity contribution in [3.63, 3.8) is 0 Å². The number of alkyl halides is 3. The van der Waals surface area contributed by atoms with Gasteiger partial charge in [0, 0.05) is 18.0 Å². The molecule has 0 aliphatic heterocycles. The largest absolute Gasteiger partial charge is 0.417 e. The van der Waals surface area contributed by atoms with Crippen LogP contribution in [0.3, 0.4) is 0 Å². The molecule has 0 saturated carbocycles. The van der Waals surface area contributed by atoms with Crippen LogP contribution < -0.4 is 0 Å². The lowest BCUT2D eigenvalue weighted by molar-refractivity contribution is -0.137. The molecule has 0 amide bonds. The predicted molar refractivity (Wildman–Crippen MR) is 86.2 cm³/mol. The van der Waals surface area contributed by atoms with Crippen LogP contribution in [-0.2, 0) is 12.6 Å². The fourth-order valence-corrected chi connectivity index (χ4v) is 2.75. The zero-order valence-corrected chi connectivity index (χ0v) is 13.2. The normalized spacial score (nSPS) is 12.2. The van der Waals surface area contributed by atoms with E-state index in [4.69, 9.17) is 11.6 Å². The molecule has 4 rings (SSSR count). The van der Waals surface area contributed by atoms with Gasteiger partial charge >= 0.3 is 6.18 Å². The maximum atomic E-state index is 12.8. The third kappa shape index (κ3) is 3.00. The molecule has 25 heavy (non-hydrogen) atoms. The van der Waals surface area contributed by atoms with Crippen molar-refractivity contribution < 1.29 is 13.2 Å². The summed E-state index contributed by atoms with van der Waals surface area (Å²) in [7, 11) is 0. The van der Waals surface area contributed by atoms with Gasteiger partial charge in [0.15, 0.2) is 10.8 Å². The summed E-state index contributed by atoms with van der Waals surface area (Å²) in [5.41, 5.74) is 1.48. The van der Waals surface area contributed by atoms with Gasteiger partial charge in [-0.1, -0.05) is 17.7 Å². The number of rotatable bonds is 2. The standard InChI is InChI=1S/C16H9ClF3N5/c17-14-13-15(23-7-22-14)25-12(24-13)4-8-1-2-11-9(3-8)5-10(6-21-11)16(18,19)20/h1-3,5-7H,4H2,(H,22,23,24,25). The van der Waals surface area contributed by atoms with E-state index in [0.717, 1.165) is 17.8 Å². The van der Waals surface area contributed by atoms with Crippen molar-refractivity contribution in [1.29, 1.82) is 0 Å². The van der Waals surface area contributed by atoms with Crippen molar-refractivity contribution in [3.8, 4) is 0 Å². The SMILES string of the molecule is FC(F)(F)c1cnc2ccc(Cc3nc4ncnc(Cl)c4[nH]3)cc2c1. The minimum atomic E-state index is -4.43. The number of hydrogen-bond acceptors (Lipinski definition) is 4. The van der Waals surface area contributed by atoms with Crippen molar-refractivity contribution >= 4 is 33.7 Å². The van der Waals surface area contributed by atoms with E-state index in [1.54, 1.807) is 18.2 Å². The molecule has 0 bridgehead atoms. The number of imidazole rings is 1. The van der Waals surface area contributed by atoms with Crippen LogP contribution in [-0.4, -0.2) is 24.9 Å². The molecule has 3 aromatic heterocycles. The highest BCUT2D eigenvalue weighted by molar-refractivity contribution is 6.33. The Morgan fingerprint density at radius 2 is 1.92 bits per heavy atom. The van der Waals surface area contributed by atoms with Crippen LogP contribution in [0, 0.1) is 0 Å². The molecule has 0 atom stereocenters. The number of pyridine rings is 1. The maximum absolute atomic E-state index is 12.8. The highest BCUT2D eigenvalue weighted by atomic mass is 35.5. The monoisotopic (exact) mass is 363 g/mol. The van der Waals surface area contributed by atoms with Crippen molar-refractivity contribution in [2.24, 2.45) is 0 Å².